The maximum atomic E-state index is 13.1. The molecule has 162 valence electrons. The van der Waals surface area contributed by atoms with Gasteiger partial charge >= 0.3 is 0 Å². The molecule has 1 aliphatic carbocycles. The average molecular weight is 425 g/mol. The van der Waals surface area contributed by atoms with Crippen molar-refractivity contribution in [2.75, 3.05) is 26.8 Å². The summed E-state index contributed by atoms with van der Waals surface area (Å²) in [5.41, 5.74) is 5.95. The van der Waals surface area contributed by atoms with Gasteiger partial charge in [0.2, 0.25) is 5.91 Å². The van der Waals surface area contributed by atoms with Crippen molar-refractivity contribution in [2.24, 2.45) is 17.1 Å². The molecule has 7 heteroatoms. The zero-order valence-corrected chi connectivity index (χ0v) is 18.6. The van der Waals surface area contributed by atoms with Gasteiger partial charge in [0.05, 0.1) is 13.2 Å². The fourth-order valence-corrected chi connectivity index (χ4v) is 4.42. The number of carbonyl (C=O) groups excluding carboxylic acids is 2. The van der Waals surface area contributed by atoms with E-state index in [0.29, 0.717) is 44.5 Å². The van der Waals surface area contributed by atoms with E-state index in [1.165, 1.54) is 0 Å². The predicted molar refractivity (Wildman–Crippen MR) is 115 cm³/mol. The minimum absolute atomic E-state index is 0. The molecular weight excluding hydrogens is 392 g/mol. The number of rotatable bonds is 6. The second kappa shape index (κ2) is 9.02. The molecule has 0 aromatic heterocycles. The standard InChI is InChI=1S/C22H32N2O4.ClH/c1-5-28-18-14-22(23,21(18,2)3)20(26)24-12-10-16(11-13-24)19(25)15-6-8-17(27-4)9-7-15;/h6-9,16,18H,5,10-14,23H2,1-4H3;1H. The number of amides is 1. The highest BCUT2D eigenvalue weighted by Crippen LogP contribution is 2.50. The summed E-state index contributed by atoms with van der Waals surface area (Å²) in [4.78, 5) is 27.7. The maximum absolute atomic E-state index is 13.1. The Labute approximate surface area is 179 Å². The summed E-state index contributed by atoms with van der Waals surface area (Å²) in [5.74, 6) is 0.803. The summed E-state index contributed by atoms with van der Waals surface area (Å²) in [6.45, 7) is 7.74. The molecule has 1 aromatic carbocycles. The van der Waals surface area contributed by atoms with E-state index in [-0.39, 0.29) is 36.1 Å². The number of halogens is 1. The van der Waals surface area contributed by atoms with Gasteiger partial charge in [0.15, 0.2) is 5.78 Å². The number of methoxy groups -OCH3 is 1. The molecule has 1 saturated heterocycles. The molecule has 29 heavy (non-hydrogen) atoms. The number of ether oxygens (including phenoxy) is 2. The Kier molecular flexibility index (Phi) is 7.36. The molecule has 6 nitrogen and oxygen atoms in total. The van der Waals surface area contributed by atoms with Crippen LogP contribution in [0, 0.1) is 11.3 Å². The Balaban J connectivity index is 0.00000300. The Morgan fingerprint density at radius 3 is 2.24 bits per heavy atom. The van der Waals surface area contributed by atoms with Crippen LogP contribution in [0.25, 0.3) is 0 Å². The SMILES string of the molecule is CCOC1CC(N)(C(=O)N2CCC(C(=O)c3ccc(OC)cc3)CC2)C1(C)C.Cl. The molecule has 0 radical (unpaired) electrons. The van der Waals surface area contributed by atoms with E-state index >= 15 is 0 Å². The first kappa shape index (κ1) is 23.6. The van der Waals surface area contributed by atoms with Crippen molar-refractivity contribution in [3.8, 4) is 5.75 Å². The zero-order valence-electron chi connectivity index (χ0n) is 17.8. The van der Waals surface area contributed by atoms with Crippen molar-refractivity contribution in [3.63, 3.8) is 0 Å². The van der Waals surface area contributed by atoms with E-state index in [9.17, 15) is 9.59 Å². The molecule has 0 spiro atoms. The summed E-state index contributed by atoms with van der Waals surface area (Å²) in [6, 6.07) is 7.21. The molecule has 1 aliphatic heterocycles. The van der Waals surface area contributed by atoms with Gasteiger partial charge in [0, 0.05) is 43.0 Å². The van der Waals surface area contributed by atoms with Gasteiger partial charge < -0.3 is 20.1 Å². The molecule has 0 bridgehead atoms. The summed E-state index contributed by atoms with van der Waals surface area (Å²) in [7, 11) is 1.60. The van der Waals surface area contributed by atoms with Crippen molar-refractivity contribution >= 4 is 24.1 Å². The monoisotopic (exact) mass is 424 g/mol. The van der Waals surface area contributed by atoms with Crippen molar-refractivity contribution in [1.82, 2.24) is 4.90 Å². The number of nitrogens with zero attached hydrogens (tertiary/aromatic N) is 1. The fraction of sp³-hybridized carbons (Fsp3) is 0.636. The van der Waals surface area contributed by atoms with Gasteiger partial charge in [-0.25, -0.2) is 0 Å². The van der Waals surface area contributed by atoms with Crippen molar-refractivity contribution in [3.05, 3.63) is 29.8 Å². The minimum atomic E-state index is -0.889. The van der Waals surface area contributed by atoms with Gasteiger partial charge in [-0.2, -0.15) is 0 Å². The molecule has 1 amide bonds. The Morgan fingerprint density at radius 1 is 1.17 bits per heavy atom. The van der Waals surface area contributed by atoms with E-state index in [4.69, 9.17) is 15.2 Å². The highest BCUT2D eigenvalue weighted by Gasteiger charge is 2.63. The minimum Gasteiger partial charge on any atom is -0.497 e. The number of nitrogens with two attached hydrogens (primary N) is 1. The lowest BCUT2D eigenvalue weighted by molar-refractivity contribution is -0.180. The molecule has 2 fully saturated rings. The summed E-state index contributed by atoms with van der Waals surface area (Å²) < 4.78 is 10.9. The van der Waals surface area contributed by atoms with Crippen LogP contribution in [-0.4, -0.2) is 55.0 Å². The normalized spacial score (nSPS) is 26.2. The van der Waals surface area contributed by atoms with Crippen LogP contribution in [0.3, 0.4) is 0 Å². The second-order valence-corrected chi connectivity index (χ2v) is 8.50. The van der Waals surface area contributed by atoms with Crippen LogP contribution in [-0.2, 0) is 9.53 Å². The highest BCUT2D eigenvalue weighted by atomic mass is 35.5. The zero-order chi connectivity index (χ0) is 20.5. The van der Waals surface area contributed by atoms with Gasteiger partial charge in [-0.1, -0.05) is 13.8 Å². The first-order chi connectivity index (χ1) is 13.2. The Morgan fingerprint density at radius 2 is 1.76 bits per heavy atom. The average Bonchev–Trinajstić information content (AvgIpc) is 2.72. The van der Waals surface area contributed by atoms with Gasteiger partial charge in [0.25, 0.3) is 0 Å². The van der Waals surface area contributed by atoms with E-state index in [1.54, 1.807) is 31.4 Å². The lowest BCUT2D eigenvalue weighted by Gasteiger charge is -2.59. The predicted octanol–water partition coefficient (Wildman–Crippen LogP) is 3.07. The van der Waals surface area contributed by atoms with Crippen molar-refractivity contribution < 1.29 is 19.1 Å². The first-order valence-electron chi connectivity index (χ1n) is 10.1. The number of hydrogen-bond acceptors (Lipinski definition) is 5. The third kappa shape index (κ3) is 4.16. The van der Waals surface area contributed by atoms with E-state index in [1.807, 2.05) is 25.7 Å². The molecule has 3 rings (SSSR count). The third-order valence-corrected chi connectivity index (χ3v) is 6.74. The second-order valence-electron chi connectivity index (χ2n) is 8.50. The van der Waals surface area contributed by atoms with E-state index < -0.39 is 11.0 Å². The van der Waals surface area contributed by atoms with Crippen LogP contribution in [0.15, 0.2) is 24.3 Å². The molecule has 2 aliphatic rings. The first-order valence-corrected chi connectivity index (χ1v) is 10.1. The van der Waals surface area contributed by atoms with Crippen LogP contribution in [0.5, 0.6) is 5.75 Å². The van der Waals surface area contributed by atoms with Crippen molar-refractivity contribution in [1.29, 1.82) is 0 Å². The molecule has 1 saturated carbocycles. The van der Waals surface area contributed by atoms with Crippen LogP contribution in [0.4, 0.5) is 0 Å². The van der Waals surface area contributed by atoms with Crippen LogP contribution in [0.2, 0.25) is 0 Å². The van der Waals surface area contributed by atoms with Gasteiger partial charge in [-0.3, -0.25) is 9.59 Å². The largest absolute Gasteiger partial charge is 0.497 e. The number of likely N-dealkylation sites (tertiary alicyclic amines) is 1. The maximum Gasteiger partial charge on any atom is 0.243 e. The molecular formula is C22H33ClN2O4. The number of Topliss-reactive ketones (excluding diaryl/α,β-unsaturated/α-hetero) is 1. The number of benzene rings is 1. The van der Waals surface area contributed by atoms with E-state index in [2.05, 4.69) is 0 Å². The number of carbonyl (C=O) groups is 2. The van der Waals surface area contributed by atoms with Crippen LogP contribution < -0.4 is 10.5 Å². The van der Waals surface area contributed by atoms with Crippen LogP contribution >= 0.6 is 12.4 Å². The third-order valence-electron chi connectivity index (χ3n) is 6.74. The smallest absolute Gasteiger partial charge is 0.243 e. The number of piperidine rings is 1. The van der Waals surface area contributed by atoms with E-state index in [0.717, 1.165) is 5.75 Å². The highest BCUT2D eigenvalue weighted by molar-refractivity contribution is 5.98. The number of hydrogen-bond donors (Lipinski definition) is 1. The lowest BCUT2D eigenvalue weighted by atomic mass is 9.54. The van der Waals surface area contributed by atoms with Gasteiger partial charge in [-0.05, 0) is 44.0 Å². The summed E-state index contributed by atoms with van der Waals surface area (Å²) in [6.07, 6.45) is 1.90. The van der Waals surface area contributed by atoms with Gasteiger partial charge in [-0.15, -0.1) is 12.4 Å². The molecule has 2 unspecified atom stereocenters. The number of ketones is 1. The van der Waals surface area contributed by atoms with Gasteiger partial charge in [0.1, 0.15) is 11.3 Å². The van der Waals surface area contributed by atoms with Crippen LogP contribution in [0.1, 0.15) is 50.4 Å². The Hall–Kier alpha value is -1.63. The summed E-state index contributed by atoms with van der Waals surface area (Å²) >= 11 is 0. The topological polar surface area (TPSA) is 81.9 Å². The summed E-state index contributed by atoms with van der Waals surface area (Å²) in [5, 5.41) is 0. The molecule has 1 heterocycles. The Bertz CT molecular complexity index is 729. The molecule has 2 atom stereocenters. The fourth-order valence-electron chi connectivity index (χ4n) is 4.42. The lowest BCUT2D eigenvalue weighted by Crippen LogP contribution is -2.76. The quantitative estimate of drug-likeness (QED) is 0.709. The molecule has 1 aromatic rings. The molecule has 2 N–H and O–H groups in total. The van der Waals surface area contributed by atoms with Crippen molar-refractivity contribution in [2.45, 2.75) is 51.7 Å².